The zero-order chi connectivity index (χ0) is 21.2. The zero-order valence-corrected chi connectivity index (χ0v) is 16.8. The Morgan fingerprint density at radius 3 is 1.71 bits per heavy atom. The molecule has 0 aliphatic rings. The summed E-state index contributed by atoms with van der Waals surface area (Å²) in [7, 11) is 0. The van der Waals surface area contributed by atoms with Gasteiger partial charge in [-0.25, -0.2) is 0 Å². The van der Waals surface area contributed by atoms with Crippen molar-refractivity contribution in [1.29, 1.82) is 0 Å². The molecule has 0 amide bonds. The summed E-state index contributed by atoms with van der Waals surface area (Å²) in [4.78, 5) is 26.9. The summed E-state index contributed by atoms with van der Waals surface area (Å²) in [6.45, 7) is 1.44. The maximum absolute atomic E-state index is 12.4. The third-order valence-corrected chi connectivity index (χ3v) is 5.55. The molecule has 5 rings (SSSR count). The Hall–Kier alpha value is -4.12. The van der Waals surface area contributed by atoms with Crippen molar-refractivity contribution in [1.82, 2.24) is 10.2 Å². The van der Waals surface area contributed by atoms with Crippen LogP contribution in [0.2, 0.25) is 0 Å². The van der Waals surface area contributed by atoms with Crippen LogP contribution in [0.5, 0.6) is 0 Å². The summed E-state index contributed by atoms with van der Waals surface area (Å²) in [6, 6.07) is 30.3. The van der Waals surface area contributed by atoms with Crippen LogP contribution in [0.15, 0.2) is 101 Å². The average Bonchev–Trinajstić information content (AvgIpc) is 2.81. The summed E-state index contributed by atoms with van der Waals surface area (Å²) in [5, 5.41) is 7.49. The van der Waals surface area contributed by atoms with Crippen LogP contribution in [0.4, 0.5) is 5.69 Å². The lowest BCUT2D eigenvalue weighted by atomic mass is 10.0. The number of anilines is 1. The maximum atomic E-state index is 12.4. The molecule has 0 fully saturated rings. The van der Waals surface area contributed by atoms with E-state index in [4.69, 9.17) is 0 Å². The fraction of sp³-hybridized carbons (Fsp3) is 0.0769. The van der Waals surface area contributed by atoms with E-state index in [0.717, 1.165) is 29.5 Å². The second-order valence-corrected chi connectivity index (χ2v) is 7.63. The van der Waals surface area contributed by atoms with E-state index in [9.17, 15) is 9.59 Å². The molecule has 0 radical (unpaired) electrons. The largest absolute Gasteiger partial charge is 0.362 e. The highest BCUT2D eigenvalue weighted by molar-refractivity contribution is 6.03. The van der Waals surface area contributed by atoms with Gasteiger partial charge in [0.2, 0.25) is 0 Å². The Morgan fingerprint density at radius 1 is 0.581 bits per heavy atom. The van der Waals surface area contributed by atoms with Gasteiger partial charge in [0.25, 0.3) is 11.1 Å². The highest BCUT2D eigenvalue weighted by atomic mass is 16.1. The number of aromatic amines is 2. The van der Waals surface area contributed by atoms with E-state index in [-0.39, 0.29) is 11.1 Å². The smallest absolute Gasteiger partial charge is 0.270 e. The van der Waals surface area contributed by atoms with E-state index < -0.39 is 0 Å². The zero-order valence-electron chi connectivity index (χ0n) is 16.8. The number of nitrogens with one attached hydrogen (secondary N) is 2. The van der Waals surface area contributed by atoms with Crippen LogP contribution >= 0.6 is 0 Å². The quantitative estimate of drug-likeness (QED) is 0.419. The minimum Gasteiger partial charge on any atom is -0.362 e. The van der Waals surface area contributed by atoms with Gasteiger partial charge < -0.3 is 4.90 Å². The molecule has 0 aliphatic carbocycles. The van der Waals surface area contributed by atoms with Crippen LogP contribution < -0.4 is 16.0 Å². The van der Waals surface area contributed by atoms with Gasteiger partial charge in [-0.1, -0.05) is 72.8 Å². The first-order chi connectivity index (χ1) is 15.2. The second kappa shape index (κ2) is 7.95. The summed E-state index contributed by atoms with van der Waals surface area (Å²) in [5.41, 5.74) is 2.82. The molecule has 0 atom stereocenters. The maximum Gasteiger partial charge on any atom is 0.270 e. The number of hydrogen-bond acceptors (Lipinski definition) is 3. The fourth-order valence-electron chi connectivity index (χ4n) is 4.04. The number of nitrogens with zero attached hydrogens (tertiary/aromatic N) is 1. The van der Waals surface area contributed by atoms with E-state index in [0.29, 0.717) is 10.8 Å². The van der Waals surface area contributed by atoms with Crippen LogP contribution in [-0.4, -0.2) is 10.2 Å². The third kappa shape index (κ3) is 3.73. The Kier molecular flexibility index (Phi) is 4.84. The van der Waals surface area contributed by atoms with E-state index >= 15 is 0 Å². The molecule has 4 aromatic carbocycles. The first-order valence-electron chi connectivity index (χ1n) is 10.2. The molecule has 1 aromatic heterocycles. The van der Waals surface area contributed by atoms with Crippen LogP contribution in [0.25, 0.3) is 21.5 Å². The lowest BCUT2D eigenvalue weighted by molar-refractivity contribution is 0.804. The summed E-state index contributed by atoms with van der Waals surface area (Å²) in [6.07, 6.45) is 0. The van der Waals surface area contributed by atoms with Crippen LogP contribution in [0.1, 0.15) is 11.1 Å². The normalized spacial score (nSPS) is 11.1. The van der Waals surface area contributed by atoms with Crippen molar-refractivity contribution in [2.45, 2.75) is 13.1 Å². The topological polar surface area (TPSA) is 69.0 Å². The van der Waals surface area contributed by atoms with Gasteiger partial charge in [-0.05, 0) is 34.7 Å². The van der Waals surface area contributed by atoms with Gasteiger partial charge in [0.15, 0.2) is 0 Å². The molecule has 1 heterocycles. The molecule has 31 heavy (non-hydrogen) atoms. The average molecular weight is 407 g/mol. The lowest BCUT2D eigenvalue weighted by Crippen LogP contribution is -2.22. The Labute approximate surface area is 178 Å². The van der Waals surface area contributed by atoms with Gasteiger partial charge >= 0.3 is 0 Å². The van der Waals surface area contributed by atoms with Crippen molar-refractivity contribution in [3.63, 3.8) is 0 Å². The van der Waals surface area contributed by atoms with Crippen molar-refractivity contribution in [2.75, 3.05) is 4.90 Å². The first-order valence-corrected chi connectivity index (χ1v) is 10.2. The van der Waals surface area contributed by atoms with E-state index in [1.807, 2.05) is 54.6 Å². The van der Waals surface area contributed by atoms with Gasteiger partial charge in [0, 0.05) is 24.2 Å². The molecular formula is C26H21N3O2. The van der Waals surface area contributed by atoms with Gasteiger partial charge in [0.1, 0.15) is 0 Å². The van der Waals surface area contributed by atoms with Crippen molar-refractivity contribution in [3.8, 4) is 0 Å². The van der Waals surface area contributed by atoms with Crippen LogP contribution in [-0.2, 0) is 13.1 Å². The minimum absolute atomic E-state index is 0.299. The number of aromatic nitrogens is 2. The number of rotatable bonds is 5. The monoisotopic (exact) mass is 407 g/mol. The minimum atomic E-state index is -0.302. The van der Waals surface area contributed by atoms with Crippen molar-refractivity contribution < 1.29 is 0 Å². The molecule has 0 unspecified atom stereocenters. The van der Waals surface area contributed by atoms with Crippen molar-refractivity contribution >= 4 is 27.2 Å². The Bertz CT molecular complexity index is 1430. The third-order valence-electron chi connectivity index (χ3n) is 5.55. The molecule has 0 spiro atoms. The molecule has 5 nitrogen and oxygen atoms in total. The SMILES string of the molecule is O=c1[nH][nH]c(=O)c2cc3c(N(Cc4ccccc4)Cc4ccccc4)cccc3cc12. The summed E-state index contributed by atoms with van der Waals surface area (Å²) in [5.74, 6) is 0. The predicted octanol–water partition coefficient (Wildman–Crippen LogP) is 4.58. The van der Waals surface area contributed by atoms with E-state index in [1.54, 1.807) is 6.07 Å². The molecule has 0 aliphatic heterocycles. The fourth-order valence-corrected chi connectivity index (χ4v) is 4.04. The van der Waals surface area contributed by atoms with Crippen molar-refractivity contribution in [2.24, 2.45) is 0 Å². The predicted molar refractivity (Wildman–Crippen MR) is 125 cm³/mol. The molecule has 0 saturated carbocycles. The van der Waals surface area contributed by atoms with Gasteiger partial charge in [-0.2, -0.15) is 0 Å². The number of fused-ring (bicyclic) bond motifs is 2. The number of hydrogen-bond donors (Lipinski definition) is 2. The van der Waals surface area contributed by atoms with Crippen LogP contribution in [0, 0.1) is 0 Å². The second-order valence-electron chi connectivity index (χ2n) is 7.63. The lowest BCUT2D eigenvalue weighted by Gasteiger charge is -2.27. The molecule has 152 valence electrons. The summed E-state index contributed by atoms with van der Waals surface area (Å²) >= 11 is 0. The molecule has 5 aromatic rings. The van der Waals surface area contributed by atoms with Gasteiger partial charge in [-0.3, -0.25) is 19.8 Å². The van der Waals surface area contributed by atoms with Gasteiger partial charge in [-0.15, -0.1) is 0 Å². The molecule has 0 saturated heterocycles. The first kappa shape index (κ1) is 18.9. The molecule has 2 N–H and O–H groups in total. The highest BCUT2D eigenvalue weighted by Gasteiger charge is 2.14. The molecule has 5 heteroatoms. The Balaban J connectivity index is 1.69. The van der Waals surface area contributed by atoms with E-state index in [2.05, 4.69) is 45.4 Å². The van der Waals surface area contributed by atoms with Gasteiger partial charge in [0.05, 0.1) is 10.8 Å². The summed E-state index contributed by atoms with van der Waals surface area (Å²) < 4.78 is 0. The Morgan fingerprint density at radius 2 is 1.13 bits per heavy atom. The molecular weight excluding hydrogens is 386 g/mol. The number of benzene rings is 4. The van der Waals surface area contributed by atoms with Crippen molar-refractivity contribution in [3.05, 3.63) is 123 Å². The highest BCUT2D eigenvalue weighted by Crippen LogP contribution is 2.31. The standard InChI is InChI=1S/C26H21N3O2/c30-25-22-14-20-12-7-13-24(21(20)15-23(22)26(31)28-27-25)29(16-18-8-3-1-4-9-18)17-19-10-5-2-6-11-19/h1-15H,16-17H2,(H,27,30)(H,28,31). The van der Waals surface area contributed by atoms with Crippen LogP contribution in [0.3, 0.4) is 0 Å². The molecule has 0 bridgehead atoms. The number of H-pyrrole nitrogens is 2. The van der Waals surface area contributed by atoms with E-state index in [1.165, 1.54) is 11.1 Å².